The molecule has 4 nitrogen and oxygen atoms in total. The second kappa shape index (κ2) is 9.42. The van der Waals surface area contributed by atoms with Crippen molar-refractivity contribution in [1.29, 1.82) is 0 Å². The van der Waals surface area contributed by atoms with E-state index in [1.807, 2.05) is 29.8 Å². The first kappa shape index (κ1) is 25.5. The van der Waals surface area contributed by atoms with Crippen molar-refractivity contribution in [2.24, 2.45) is 0 Å². The minimum atomic E-state index is 0.672. The maximum atomic E-state index is 5.49. The second-order valence-corrected chi connectivity index (χ2v) is 14.1. The van der Waals surface area contributed by atoms with E-state index in [1.54, 1.807) is 11.3 Å². The van der Waals surface area contributed by atoms with Crippen LogP contribution in [0, 0.1) is 0 Å². The van der Waals surface area contributed by atoms with Crippen LogP contribution in [-0.4, -0.2) is 19.5 Å². The number of hydrogen-bond acceptors (Lipinski definition) is 5. The summed E-state index contributed by atoms with van der Waals surface area (Å²) < 4.78 is 7.17. The molecule has 0 atom stereocenters. The lowest BCUT2D eigenvalue weighted by Crippen LogP contribution is -2.03. The van der Waals surface area contributed by atoms with Crippen LogP contribution in [0.2, 0.25) is 0 Å². The fraction of sp³-hybridized carbons (Fsp3) is 0. The van der Waals surface area contributed by atoms with Crippen molar-refractivity contribution in [3.8, 4) is 17.2 Å². The van der Waals surface area contributed by atoms with E-state index in [0.29, 0.717) is 5.95 Å². The normalized spacial score (nSPS) is 12.3. The highest BCUT2D eigenvalue weighted by molar-refractivity contribution is 7.27. The molecule has 0 bridgehead atoms. The molecule has 218 valence electrons. The van der Waals surface area contributed by atoms with Crippen LogP contribution < -0.4 is 0 Å². The first-order valence-electron chi connectivity index (χ1n) is 15.6. The van der Waals surface area contributed by atoms with Gasteiger partial charge in [0, 0.05) is 59.7 Å². The van der Waals surface area contributed by atoms with Gasteiger partial charge in [-0.05, 0) is 40.4 Å². The van der Waals surface area contributed by atoms with E-state index >= 15 is 0 Å². The quantitative estimate of drug-likeness (QED) is 0.190. The van der Waals surface area contributed by atoms with Crippen molar-refractivity contribution in [1.82, 2.24) is 19.5 Å². The number of rotatable bonds is 2. The van der Waals surface area contributed by atoms with Gasteiger partial charge in [-0.2, -0.15) is 0 Å². The summed E-state index contributed by atoms with van der Waals surface area (Å²) in [5, 5.41) is 11.0. The largest absolute Gasteiger partial charge is 0.276 e. The summed E-state index contributed by atoms with van der Waals surface area (Å²) in [6.07, 6.45) is 3.73. The Labute approximate surface area is 275 Å². The van der Waals surface area contributed by atoms with Crippen LogP contribution in [0.1, 0.15) is 0 Å². The third-order valence-corrected chi connectivity index (χ3v) is 11.8. The highest BCUT2D eigenvalue weighted by Crippen LogP contribution is 2.49. The second-order valence-electron chi connectivity index (χ2n) is 12.0. The molecule has 0 fully saturated rings. The van der Waals surface area contributed by atoms with Gasteiger partial charge < -0.3 is 0 Å². The Morgan fingerprint density at radius 1 is 0.489 bits per heavy atom. The molecule has 47 heavy (non-hydrogen) atoms. The van der Waals surface area contributed by atoms with Crippen LogP contribution in [0.5, 0.6) is 0 Å². The lowest BCUT2D eigenvalue weighted by molar-refractivity contribution is 1.02. The maximum absolute atomic E-state index is 5.49. The van der Waals surface area contributed by atoms with E-state index in [-0.39, 0.29) is 0 Å². The Morgan fingerprint density at radius 3 is 1.98 bits per heavy atom. The minimum Gasteiger partial charge on any atom is -0.276 e. The molecule has 0 N–H and O–H groups in total. The highest BCUT2D eigenvalue weighted by Gasteiger charge is 2.25. The summed E-state index contributed by atoms with van der Waals surface area (Å²) in [6.45, 7) is 0. The van der Waals surface area contributed by atoms with Crippen LogP contribution in [0.25, 0.3) is 101 Å². The topological polar surface area (TPSA) is 43.6 Å². The number of thiophene rings is 2. The molecule has 0 amide bonds. The summed E-state index contributed by atoms with van der Waals surface area (Å²) >= 11 is 3.61. The van der Waals surface area contributed by atoms with Crippen molar-refractivity contribution in [3.05, 3.63) is 134 Å². The average molecular weight is 635 g/mol. The SMILES string of the molecule is c1cncc(-c2nc(-n3c4c5ccccc5ccc4c4c5ccccc5c5c6ccccc6sc5c43)nc3c2sc2ccccc23)c1. The van der Waals surface area contributed by atoms with Gasteiger partial charge in [-0.1, -0.05) is 97.1 Å². The molecule has 11 aromatic rings. The predicted octanol–water partition coefficient (Wildman–Crippen LogP) is 11.7. The molecule has 5 heterocycles. The first-order valence-corrected chi connectivity index (χ1v) is 17.2. The van der Waals surface area contributed by atoms with Gasteiger partial charge in [0.15, 0.2) is 0 Å². The number of aromatic nitrogens is 4. The molecule has 0 unspecified atom stereocenters. The summed E-state index contributed by atoms with van der Waals surface area (Å²) in [6, 6.07) is 43.5. The van der Waals surface area contributed by atoms with Gasteiger partial charge in [0.1, 0.15) is 0 Å². The van der Waals surface area contributed by atoms with E-state index in [4.69, 9.17) is 9.97 Å². The van der Waals surface area contributed by atoms with Crippen LogP contribution >= 0.6 is 22.7 Å². The van der Waals surface area contributed by atoms with E-state index in [2.05, 4.69) is 125 Å². The van der Waals surface area contributed by atoms with E-state index in [0.717, 1.165) is 37.9 Å². The van der Waals surface area contributed by atoms with E-state index in [9.17, 15) is 0 Å². The third kappa shape index (κ3) is 3.43. The molecule has 6 heteroatoms. The molecular weight excluding hydrogens is 613 g/mol. The first-order chi connectivity index (χ1) is 23.3. The smallest absolute Gasteiger partial charge is 0.235 e. The van der Waals surface area contributed by atoms with Crippen molar-refractivity contribution >= 4 is 106 Å². The highest BCUT2D eigenvalue weighted by atomic mass is 32.1. The van der Waals surface area contributed by atoms with E-state index in [1.165, 1.54) is 57.2 Å². The Balaban J connectivity index is 1.44. The molecule has 0 spiro atoms. The Kier molecular flexibility index (Phi) is 5.11. The fourth-order valence-corrected chi connectivity index (χ4v) is 9.93. The van der Waals surface area contributed by atoms with Gasteiger partial charge in [0.05, 0.1) is 31.6 Å². The van der Waals surface area contributed by atoms with Crippen molar-refractivity contribution in [2.45, 2.75) is 0 Å². The number of fused-ring (bicyclic) bond motifs is 15. The van der Waals surface area contributed by atoms with Crippen molar-refractivity contribution < 1.29 is 0 Å². The number of pyridine rings is 1. The van der Waals surface area contributed by atoms with E-state index < -0.39 is 0 Å². The van der Waals surface area contributed by atoms with Gasteiger partial charge in [0.25, 0.3) is 0 Å². The number of benzene rings is 6. The molecule has 6 aromatic carbocycles. The Hall–Kier alpha value is -5.69. The molecule has 0 saturated carbocycles. The summed E-state index contributed by atoms with van der Waals surface area (Å²) in [5.74, 6) is 0.672. The molecule has 0 saturated heterocycles. The Morgan fingerprint density at radius 2 is 1.17 bits per heavy atom. The zero-order valence-electron chi connectivity index (χ0n) is 24.8. The average Bonchev–Trinajstić information content (AvgIpc) is 3.82. The van der Waals surface area contributed by atoms with Crippen molar-refractivity contribution in [2.75, 3.05) is 0 Å². The van der Waals surface area contributed by atoms with Gasteiger partial charge in [-0.25, -0.2) is 9.97 Å². The number of nitrogens with zero attached hydrogens (tertiary/aromatic N) is 4. The van der Waals surface area contributed by atoms with Gasteiger partial charge in [0.2, 0.25) is 5.95 Å². The molecule has 0 aliphatic rings. The summed E-state index contributed by atoms with van der Waals surface area (Å²) in [7, 11) is 0. The molecule has 0 aliphatic heterocycles. The Bertz CT molecular complexity index is 3080. The summed E-state index contributed by atoms with van der Waals surface area (Å²) in [4.78, 5) is 15.5. The number of hydrogen-bond donors (Lipinski definition) is 0. The maximum Gasteiger partial charge on any atom is 0.235 e. The zero-order chi connectivity index (χ0) is 30.6. The van der Waals surface area contributed by atoms with Gasteiger partial charge in [-0.15, -0.1) is 22.7 Å². The summed E-state index contributed by atoms with van der Waals surface area (Å²) in [5.41, 5.74) is 5.14. The van der Waals surface area contributed by atoms with Gasteiger partial charge >= 0.3 is 0 Å². The van der Waals surface area contributed by atoms with Crippen LogP contribution in [-0.2, 0) is 0 Å². The molecule has 0 aliphatic carbocycles. The lowest BCUT2D eigenvalue weighted by Gasteiger charge is -2.12. The zero-order valence-corrected chi connectivity index (χ0v) is 26.4. The molecule has 11 rings (SSSR count). The predicted molar refractivity (Wildman–Crippen MR) is 200 cm³/mol. The standard InChI is InChI=1S/C41H22N4S2/c1-2-12-25-23(10-1)19-20-30-33-26-13-3-4-14-27(26)34-28-15-5-7-17-31(28)46-39(34)38(33)45(37(25)30)41-43-35(24-11-9-21-42-22-24)40-36(44-41)29-16-6-8-18-32(29)47-40/h1-22H. The lowest BCUT2D eigenvalue weighted by atomic mass is 9.98. The molecule has 5 aromatic heterocycles. The van der Waals surface area contributed by atoms with Crippen LogP contribution in [0.15, 0.2) is 134 Å². The third-order valence-electron chi connectivity index (χ3n) is 9.47. The van der Waals surface area contributed by atoms with Crippen molar-refractivity contribution in [3.63, 3.8) is 0 Å². The van der Waals surface area contributed by atoms with Crippen LogP contribution in [0.4, 0.5) is 0 Å². The monoisotopic (exact) mass is 634 g/mol. The van der Waals surface area contributed by atoms with Gasteiger partial charge in [-0.3, -0.25) is 9.55 Å². The van der Waals surface area contributed by atoms with Crippen LogP contribution in [0.3, 0.4) is 0 Å². The molecular formula is C41H22N4S2. The fourth-order valence-electron chi connectivity index (χ4n) is 7.51. The molecule has 0 radical (unpaired) electrons. The minimum absolute atomic E-state index is 0.672.